The fourth-order valence-electron chi connectivity index (χ4n) is 3.17. The van der Waals surface area contributed by atoms with Gasteiger partial charge in [-0.25, -0.2) is 0 Å². The number of carbonyl (C=O) groups excluding carboxylic acids is 2. The lowest BCUT2D eigenvalue weighted by Gasteiger charge is -2.30. The number of nitrogens with zero attached hydrogens (tertiary/aromatic N) is 1. The van der Waals surface area contributed by atoms with Crippen molar-refractivity contribution in [1.29, 1.82) is 0 Å². The van der Waals surface area contributed by atoms with Crippen LogP contribution in [0.5, 0.6) is 0 Å². The van der Waals surface area contributed by atoms with Crippen molar-refractivity contribution < 1.29 is 9.59 Å². The standard InChI is InChI=1S/C24H30Cl2N2O2S/c1-4-13-27-24(30)22(5-2)28(14-18-11-9-17(3)10-12-18)23(29)16-31-15-19-20(25)7-6-8-21(19)26/h6-12,22H,4-5,13-16H2,1-3H3,(H,27,30)/t22-/m0/s1. The van der Waals surface area contributed by atoms with Crippen molar-refractivity contribution in [1.82, 2.24) is 10.2 Å². The predicted molar refractivity (Wildman–Crippen MR) is 132 cm³/mol. The average Bonchev–Trinajstić information content (AvgIpc) is 2.75. The molecular formula is C24H30Cl2N2O2S. The average molecular weight is 481 g/mol. The second-order valence-corrected chi connectivity index (χ2v) is 9.22. The number of thioether (sulfide) groups is 1. The van der Waals surface area contributed by atoms with Crippen LogP contribution in [0.3, 0.4) is 0 Å². The fraction of sp³-hybridized carbons (Fsp3) is 0.417. The summed E-state index contributed by atoms with van der Waals surface area (Å²) in [5.74, 6) is 0.586. The summed E-state index contributed by atoms with van der Waals surface area (Å²) < 4.78 is 0. The number of hydrogen-bond donors (Lipinski definition) is 1. The molecule has 7 heteroatoms. The molecule has 4 nitrogen and oxygen atoms in total. The topological polar surface area (TPSA) is 49.4 Å². The fourth-order valence-corrected chi connectivity index (χ4v) is 4.82. The van der Waals surface area contributed by atoms with Crippen LogP contribution in [0, 0.1) is 6.92 Å². The van der Waals surface area contributed by atoms with Crippen molar-refractivity contribution in [2.45, 2.75) is 52.0 Å². The van der Waals surface area contributed by atoms with Gasteiger partial charge in [0.2, 0.25) is 11.8 Å². The number of aryl methyl sites for hydroxylation is 1. The first kappa shape index (κ1) is 25.6. The van der Waals surface area contributed by atoms with Gasteiger partial charge in [-0.15, -0.1) is 11.8 Å². The molecule has 0 radical (unpaired) electrons. The first-order valence-corrected chi connectivity index (χ1v) is 12.4. The molecule has 1 N–H and O–H groups in total. The lowest BCUT2D eigenvalue weighted by atomic mass is 10.1. The van der Waals surface area contributed by atoms with E-state index in [1.807, 2.05) is 45.0 Å². The largest absolute Gasteiger partial charge is 0.354 e. The van der Waals surface area contributed by atoms with E-state index in [2.05, 4.69) is 5.32 Å². The molecule has 0 aromatic heterocycles. The molecule has 168 valence electrons. The van der Waals surface area contributed by atoms with Gasteiger partial charge < -0.3 is 10.2 Å². The first-order chi connectivity index (χ1) is 14.9. The molecule has 0 spiro atoms. The van der Waals surface area contributed by atoms with E-state index in [1.165, 1.54) is 11.8 Å². The van der Waals surface area contributed by atoms with Crippen LogP contribution < -0.4 is 5.32 Å². The number of nitrogens with one attached hydrogen (secondary N) is 1. The predicted octanol–water partition coefficient (Wildman–Crippen LogP) is 5.87. The molecule has 2 rings (SSSR count). The molecule has 1 atom stereocenters. The smallest absolute Gasteiger partial charge is 0.242 e. The summed E-state index contributed by atoms with van der Waals surface area (Å²) in [6.07, 6.45) is 1.40. The zero-order valence-electron chi connectivity index (χ0n) is 18.3. The number of benzene rings is 2. The third kappa shape index (κ3) is 7.74. The van der Waals surface area contributed by atoms with E-state index in [0.717, 1.165) is 23.1 Å². The minimum Gasteiger partial charge on any atom is -0.354 e. The third-order valence-corrected chi connectivity index (χ3v) is 6.59. The van der Waals surface area contributed by atoms with E-state index in [9.17, 15) is 9.59 Å². The Labute approximate surface area is 199 Å². The zero-order valence-corrected chi connectivity index (χ0v) is 20.6. The van der Waals surface area contributed by atoms with Gasteiger partial charge in [-0.1, -0.05) is 72.9 Å². The van der Waals surface area contributed by atoms with Gasteiger partial charge in [0.15, 0.2) is 0 Å². The van der Waals surface area contributed by atoms with Crippen molar-refractivity contribution in [3.05, 3.63) is 69.2 Å². The highest BCUT2D eigenvalue weighted by Gasteiger charge is 2.28. The van der Waals surface area contributed by atoms with E-state index in [1.54, 1.807) is 23.1 Å². The summed E-state index contributed by atoms with van der Waals surface area (Å²) in [7, 11) is 0. The van der Waals surface area contributed by atoms with Gasteiger partial charge in [0.1, 0.15) is 6.04 Å². The van der Waals surface area contributed by atoms with E-state index in [4.69, 9.17) is 23.2 Å². The molecule has 0 aliphatic heterocycles. The van der Waals surface area contributed by atoms with Gasteiger partial charge in [-0.05, 0) is 43.0 Å². The quantitative estimate of drug-likeness (QED) is 0.437. The van der Waals surface area contributed by atoms with E-state index in [0.29, 0.717) is 35.3 Å². The van der Waals surface area contributed by atoms with Crippen LogP contribution >= 0.6 is 35.0 Å². The zero-order chi connectivity index (χ0) is 22.8. The molecule has 0 heterocycles. The normalized spacial score (nSPS) is 11.8. The van der Waals surface area contributed by atoms with Crippen LogP contribution in [0.15, 0.2) is 42.5 Å². The van der Waals surface area contributed by atoms with Crippen molar-refractivity contribution in [3.63, 3.8) is 0 Å². The van der Waals surface area contributed by atoms with Crippen molar-refractivity contribution >= 4 is 46.8 Å². The van der Waals surface area contributed by atoms with E-state index >= 15 is 0 Å². The van der Waals surface area contributed by atoms with Crippen LogP contribution in [0.4, 0.5) is 0 Å². The molecule has 2 amide bonds. The monoisotopic (exact) mass is 480 g/mol. The van der Waals surface area contributed by atoms with Gasteiger partial charge in [-0.3, -0.25) is 9.59 Å². The summed E-state index contributed by atoms with van der Waals surface area (Å²) in [6.45, 7) is 6.96. The molecule has 0 aliphatic rings. The van der Waals surface area contributed by atoms with Crippen LogP contribution in [0.25, 0.3) is 0 Å². The Morgan fingerprint density at radius 2 is 1.71 bits per heavy atom. The number of rotatable bonds is 11. The van der Waals surface area contributed by atoms with Crippen molar-refractivity contribution in [3.8, 4) is 0 Å². The molecule has 2 aromatic carbocycles. The van der Waals surface area contributed by atoms with Crippen LogP contribution in [0.1, 0.15) is 43.4 Å². The third-order valence-electron chi connectivity index (χ3n) is 4.94. The Bertz CT molecular complexity index is 854. The maximum absolute atomic E-state index is 13.2. The second kappa shape index (κ2) is 13.0. The molecule has 2 aromatic rings. The molecule has 0 aliphatic carbocycles. The SMILES string of the molecule is CCCNC(=O)[C@H](CC)N(Cc1ccc(C)cc1)C(=O)CSCc1c(Cl)cccc1Cl. The number of halogens is 2. The Balaban J connectivity index is 2.14. The Kier molecular flexibility index (Phi) is 10.7. The summed E-state index contributed by atoms with van der Waals surface area (Å²) in [4.78, 5) is 27.7. The Morgan fingerprint density at radius 3 is 2.29 bits per heavy atom. The van der Waals surface area contributed by atoms with Gasteiger partial charge in [-0.2, -0.15) is 0 Å². The van der Waals surface area contributed by atoms with Crippen LogP contribution in [-0.2, 0) is 21.9 Å². The molecule has 0 fully saturated rings. The van der Waals surface area contributed by atoms with Gasteiger partial charge in [0.05, 0.1) is 5.75 Å². The minimum atomic E-state index is -0.509. The van der Waals surface area contributed by atoms with Gasteiger partial charge in [0, 0.05) is 28.9 Å². The molecular weight excluding hydrogens is 451 g/mol. The molecule has 31 heavy (non-hydrogen) atoms. The van der Waals surface area contributed by atoms with Crippen molar-refractivity contribution in [2.24, 2.45) is 0 Å². The summed E-state index contributed by atoms with van der Waals surface area (Å²) in [6, 6.07) is 12.9. The summed E-state index contributed by atoms with van der Waals surface area (Å²) in [5, 5.41) is 4.12. The molecule has 0 saturated heterocycles. The van der Waals surface area contributed by atoms with Gasteiger partial charge in [0.25, 0.3) is 0 Å². The highest BCUT2D eigenvalue weighted by Crippen LogP contribution is 2.28. The number of hydrogen-bond acceptors (Lipinski definition) is 3. The number of amides is 2. The molecule has 0 saturated carbocycles. The maximum Gasteiger partial charge on any atom is 0.242 e. The lowest BCUT2D eigenvalue weighted by molar-refractivity contribution is -0.139. The minimum absolute atomic E-state index is 0.0766. The summed E-state index contributed by atoms with van der Waals surface area (Å²) in [5.41, 5.74) is 2.97. The van der Waals surface area contributed by atoms with E-state index in [-0.39, 0.29) is 17.6 Å². The van der Waals surface area contributed by atoms with Gasteiger partial charge >= 0.3 is 0 Å². The molecule has 0 bridgehead atoms. The lowest BCUT2D eigenvalue weighted by Crippen LogP contribution is -2.49. The highest BCUT2D eigenvalue weighted by atomic mass is 35.5. The maximum atomic E-state index is 13.2. The first-order valence-electron chi connectivity index (χ1n) is 10.5. The number of carbonyl (C=O) groups is 2. The Morgan fingerprint density at radius 1 is 1.06 bits per heavy atom. The second-order valence-electron chi connectivity index (χ2n) is 7.42. The van der Waals surface area contributed by atoms with Crippen molar-refractivity contribution in [2.75, 3.05) is 12.3 Å². The molecule has 0 unspecified atom stereocenters. The highest BCUT2D eigenvalue weighted by molar-refractivity contribution is 7.99. The Hall–Kier alpha value is -1.69. The van der Waals surface area contributed by atoms with E-state index < -0.39 is 6.04 Å². The van der Waals surface area contributed by atoms with Crippen LogP contribution in [-0.4, -0.2) is 35.1 Å². The summed E-state index contributed by atoms with van der Waals surface area (Å²) >= 11 is 13.9. The van der Waals surface area contributed by atoms with Crippen LogP contribution in [0.2, 0.25) is 10.0 Å².